The molecule has 0 spiro atoms. The van der Waals surface area contributed by atoms with Crippen molar-refractivity contribution in [1.29, 1.82) is 0 Å². The van der Waals surface area contributed by atoms with E-state index < -0.39 is 17.3 Å². The van der Waals surface area contributed by atoms with Crippen LogP contribution in [0.5, 0.6) is 0 Å². The summed E-state index contributed by atoms with van der Waals surface area (Å²) in [5.74, 6) is 0. The van der Waals surface area contributed by atoms with Gasteiger partial charge in [-0.25, -0.2) is 0 Å². The maximum absolute atomic E-state index is 13.0. The first-order chi connectivity index (χ1) is 12.8. The lowest BCUT2D eigenvalue weighted by Crippen LogP contribution is -2.51. The predicted octanol–water partition coefficient (Wildman–Crippen LogP) is 4.81. The van der Waals surface area contributed by atoms with E-state index in [4.69, 9.17) is 0 Å². The van der Waals surface area contributed by atoms with Crippen molar-refractivity contribution in [2.45, 2.75) is 62.5 Å². The molecule has 2 nitrogen and oxygen atoms in total. The van der Waals surface area contributed by atoms with Crippen LogP contribution in [-0.4, -0.2) is 27.7 Å². The molecule has 0 radical (unpaired) electrons. The normalized spacial score (nSPS) is 28.4. The fourth-order valence-electron chi connectivity index (χ4n) is 4.85. The highest BCUT2D eigenvalue weighted by Crippen LogP contribution is 2.43. The molecule has 0 aromatic heterocycles. The number of hydrogen-bond donors (Lipinski definition) is 1. The number of aliphatic hydroxyl groups is 1. The molecule has 2 fully saturated rings. The molecule has 2 aromatic carbocycles. The van der Waals surface area contributed by atoms with Gasteiger partial charge in [0.15, 0.2) is 0 Å². The van der Waals surface area contributed by atoms with Crippen molar-refractivity contribution < 1.29 is 18.3 Å². The first-order valence-electron chi connectivity index (χ1n) is 9.51. The van der Waals surface area contributed by atoms with Crippen LogP contribution in [0.4, 0.5) is 13.2 Å². The molecule has 2 heterocycles. The van der Waals surface area contributed by atoms with Crippen molar-refractivity contribution in [3.05, 3.63) is 71.3 Å². The van der Waals surface area contributed by atoms with E-state index in [2.05, 4.69) is 17.0 Å². The van der Waals surface area contributed by atoms with E-state index >= 15 is 0 Å². The molecule has 0 amide bonds. The minimum absolute atomic E-state index is 0.281. The predicted molar refractivity (Wildman–Crippen MR) is 98.1 cm³/mol. The lowest BCUT2D eigenvalue weighted by atomic mass is 9.81. The zero-order chi connectivity index (χ0) is 19.1. The molecule has 4 rings (SSSR count). The van der Waals surface area contributed by atoms with Crippen molar-refractivity contribution >= 4 is 0 Å². The number of piperidine rings is 1. The number of fused-ring (bicyclic) bond motifs is 2. The molecule has 144 valence electrons. The van der Waals surface area contributed by atoms with Crippen molar-refractivity contribution in [1.82, 2.24) is 4.90 Å². The van der Waals surface area contributed by atoms with Gasteiger partial charge in [0.2, 0.25) is 0 Å². The van der Waals surface area contributed by atoms with Gasteiger partial charge >= 0.3 is 6.18 Å². The van der Waals surface area contributed by atoms with Crippen molar-refractivity contribution in [2.75, 3.05) is 0 Å². The Morgan fingerprint density at radius 3 is 2.19 bits per heavy atom. The highest BCUT2D eigenvalue weighted by atomic mass is 19.4. The monoisotopic (exact) mass is 375 g/mol. The van der Waals surface area contributed by atoms with Crippen LogP contribution in [0.15, 0.2) is 54.6 Å². The number of rotatable bonds is 4. The van der Waals surface area contributed by atoms with E-state index in [-0.39, 0.29) is 6.42 Å². The molecule has 1 N–H and O–H groups in total. The Balaban J connectivity index is 1.47. The first kappa shape index (κ1) is 18.5. The summed E-state index contributed by atoms with van der Waals surface area (Å²) in [7, 11) is 0. The number of halogens is 3. The van der Waals surface area contributed by atoms with Crippen LogP contribution in [0.2, 0.25) is 0 Å². The van der Waals surface area contributed by atoms with Gasteiger partial charge in [-0.3, -0.25) is 4.90 Å². The second-order valence-electron chi connectivity index (χ2n) is 8.05. The second kappa shape index (κ2) is 6.95. The van der Waals surface area contributed by atoms with Crippen LogP contribution < -0.4 is 0 Å². The topological polar surface area (TPSA) is 23.5 Å². The van der Waals surface area contributed by atoms with Gasteiger partial charge in [0.1, 0.15) is 0 Å². The molecule has 0 saturated carbocycles. The van der Waals surface area contributed by atoms with E-state index in [1.807, 2.05) is 18.2 Å². The molecule has 2 bridgehead atoms. The minimum Gasteiger partial charge on any atom is -0.389 e. The second-order valence-corrected chi connectivity index (χ2v) is 8.05. The zero-order valence-corrected chi connectivity index (χ0v) is 15.1. The van der Waals surface area contributed by atoms with E-state index in [0.29, 0.717) is 30.5 Å². The minimum atomic E-state index is -4.35. The summed E-state index contributed by atoms with van der Waals surface area (Å²) in [5, 5.41) is 11.2. The Hall–Kier alpha value is -1.85. The van der Waals surface area contributed by atoms with E-state index in [1.165, 1.54) is 17.7 Å². The maximum Gasteiger partial charge on any atom is 0.416 e. The summed E-state index contributed by atoms with van der Waals surface area (Å²) in [6.07, 6.45) is -0.746. The Morgan fingerprint density at radius 2 is 1.56 bits per heavy atom. The van der Waals surface area contributed by atoms with Crippen molar-refractivity contribution in [3.8, 4) is 0 Å². The fraction of sp³-hybridized carbons (Fsp3) is 0.455. The van der Waals surface area contributed by atoms with E-state index in [9.17, 15) is 18.3 Å². The first-order valence-corrected chi connectivity index (χ1v) is 9.51. The van der Waals surface area contributed by atoms with Crippen LogP contribution in [0.3, 0.4) is 0 Å². The highest BCUT2D eigenvalue weighted by Gasteiger charge is 2.47. The van der Waals surface area contributed by atoms with Gasteiger partial charge in [-0.15, -0.1) is 0 Å². The van der Waals surface area contributed by atoms with Crippen LogP contribution in [0, 0.1) is 0 Å². The van der Waals surface area contributed by atoms with Gasteiger partial charge < -0.3 is 5.11 Å². The summed E-state index contributed by atoms with van der Waals surface area (Å²) >= 11 is 0. The molecule has 2 atom stereocenters. The number of alkyl halides is 3. The molecule has 2 saturated heterocycles. The third-order valence-electron chi connectivity index (χ3n) is 6.00. The fourth-order valence-corrected chi connectivity index (χ4v) is 4.85. The summed E-state index contributed by atoms with van der Waals surface area (Å²) < 4.78 is 38.9. The van der Waals surface area contributed by atoms with Crippen LogP contribution in [0.25, 0.3) is 0 Å². The number of nitrogens with zero attached hydrogens (tertiary/aromatic N) is 1. The van der Waals surface area contributed by atoms with E-state index in [0.717, 1.165) is 25.5 Å². The number of hydrogen-bond acceptors (Lipinski definition) is 2. The maximum atomic E-state index is 13.0. The Morgan fingerprint density at radius 1 is 0.926 bits per heavy atom. The Kier molecular flexibility index (Phi) is 4.77. The average molecular weight is 375 g/mol. The smallest absolute Gasteiger partial charge is 0.389 e. The molecule has 2 unspecified atom stereocenters. The molecule has 2 aliphatic rings. The summed E-state index contributed by atoms with van der Waals surface area (Å²) in [5.41, 5.74) is 0.248. The molecule has 2 aliphatic heterocycles. The molecular weight excluding hydrogens is 351 g/mol. The summed E-state index contributed by atoms with van der Waals surface area (Å²) in [6.45, 7) is 0.871. The molecule has 2 aromatic rings. The van der Waals surface area contributed by atoms with Crippen LogP contribution in [-0.2, 0) is 19.1 Å². The largest absolute Gasteiger partial charge is 0.416 e. The third-order valence-corrected chi connectivity index (χ3v) is 6.00. The van der Waals surface area contributed by atoms with Crippen LogP contribution >= 0.6 is 0 Å². The van der Waals surface area contributed by atoms with Crippen LogP contribution in [0.1, 0.15) is 42.4 Å². The number of benzene rings is 2. The van der Waals surface area contributed by atoms with Gasteiger partial charge in [0.05, 0.1) is 11.2 Å². The highest BCUT2D eigenvalue weighted by molar-refractivity contribution is 5.27. The van der Waals surface area contributed by atoms with Gasteiger partial charge in [-0.05, 0) is 42.9 Å². The lowest BCUT2D eigenvalue weighted by Gasteiger charge is -2.44. The Labute approximate surface area is 157 Å². The summed E-state index contributed by atoms with van der Waals surface area (Å²) in [6, 6.07) is 16.3. The van der Waals surface area contributed by atoms with Crippen molar-refractivity contribution in [2.24, 2.45) is 0 Å². The van der Waals surface area contributed by atoms with E-state index in [1.54, 1.807) is 6.07 Å². The van der Waals surface area contributed by atoms with Gasteiger partial charge in [-0.2, -0.15) is 13.2 Å². The quantitative estimate of drug-likeness (QED) is 0.829. The lowest BCUT2D eigenvalue weighted by molar-refractivity contribution is -0.137. The van der Waals surface area contributed by atoms with Gasteiger partial charge in [-0.1, -0.05) is 48.5 Å². The Bertz CT molecular complexity index is 776. The molecule has 0 aliphatic carbocycles. The standard InChI is InChI=1S/C22H24F3NO/c23-22(24,25)18-8-4-7-17(11-18)12-21(27)13-19-9-10-20(14-21)26(19)15-16-5-2-1-3-6-16/h1-8,11,19-20,27H,9-10,12-15H2. The zero-order valence-electron chi connectivity index (χ0n) is 15.1. The average Bonchev–Trinajstić information content (AvgIpc) is 2.86. The molecule has 27 heavy (non-hydrogen) atoms. The molecule has 5 heteroatoms. The van der Waals surface area contributed by atoms with Crippen molar-refractivity contribution in [3.63, 3.8) is 0 Å². The van der Waals surface area contributed by atoms with Gasteiger partial charge in [0.25, 0.3) is 0 Å². The SMILES string of the molecule is OC1(Cc2cccc(C(F)(F)F)c2)CC2CCC(C1)N2Cc1ccccc1. The molecular formula is C22H24F3NO. The van der Waals surface area contributed by atoms with Gasteiger partial charge in [0, 0.05) is 25.0 Å². The third kappa shape index (κ3) is 4.04. The summed E-state index contributed by atoms with van der Waals surface area (Å²) in [4.78, 5) is 2.47.